The number of carboxylic acid groups (broad SMARTS) is 1. The van der Waals surface area contributed by atoms with Crippen LogP contribution in [0.2, 0.25) is 0 Å². The third-order valence-corrected chi connectivity index (χ3v) is 3.82. The van der Waals surface area contributed by atoms with Gasteiger partial charge in [0.25, 0.3) is 0 Å². The number of urea groups is 1. The summed E-state index contributed by atoms with van der Waals surface area (Å²) in [6.45, 7) is 2.03. The van der Waals surface area contributed by atoms with Crippen molar-refractivity contribution in [3.05, 3.63) is 0 Å². The first kappa shape index (κ1) is 16.8. The van der Waals surface area contributed by atoms with Crippen molar-refractivity contribution in [1.29, 1.82) is 0 Å². The number of amides is 2. The van der Waals surface area contributed by atoms with Gasteiger partial charge in [0.05, 0.1) is 5.92 Å². The Morgan fingerprint density at radius 1 is 1.20 bits per heavy atom. The molecule has 0 aromatic rings. The molecule has 1 rings (SSSR count). The lowest BCUT2D eigenvalue weighted by atomic mass is 9.79. The van der Waals surface area contributed by atoms with Crippen molar-refractivity contribution < 1.29 is 14.7 Å². The summed E-state index contributed by atoms with van der Waals surface area (Å²) in [5, 5.41) is 14.8. The molecule has 20 heavy (non-hydrogen) atoms. The summed E-state index contributed by atoms with van der Waals surface area (Å²) in [5.74, 6) is -0.977. The molecule has 2 atom stereocenters. The Labute approximate surface area is 120 Å². The Morgan fingerprint density at radius 2 is 1.90 bits per heavy atom. The molecule has 0 aromatic heterocycles. The van der Waals surface area contributed by atoms with Gasteiger partial charge in [0.1, 0.15) is 0 Å². The van der Waals surface area contributed by atoms with Gasteiger partial charge in [0.2, 0.25) is 0 Å². The van der Waals surface area contributed by atoms with Crippen molar-refractivity contribution in [3.8, 4) is 0 Å². The van der Waals surface area contributed by atoms with Crippen LogP contribution in [0, 0.1) is 11.8 Å². The van der Waals surface area contributed by atoms with Gasteiger partial charge in [-0.2, -0.15) is 0 Å². The summed E-state index contributed by atoms with van der Waals surface area (Å²) < 4.78 is 0. The van der Waals surface area contributed by atoms with Crippen LogP contribution in [-0.4, -0.2) is 55.7 Å². The Morgan fingerprint density at radius 3 is 2.55 bits per heavy atom. The van der Waals surface area contributed by atoms with Crippen molar-refractivity contribution in [2.75, 3.05) is 33.7 Å². The molecule has 116 valence electrons. The minimum atomic E-state index is -0.733. The number of rotatable bonds is 7. The SMILES string of the molecule is CN(C)CCCNC(=O)NCC1CCCCC1C(=O)O. The lowest BCUT2D eigenvalue weighted by Gasteiger charge is -2.28. The third kappa shape index (κ3) is 6.23. The molecule has 0 radical (unpaired) electrons. The van der Waals surface area contributed by atoms with Crippen molar-refractivity contribution in [2.24, 2.45) is 11.8 Å². The largest absolute Gasteiger partial charge is 0.481 e. The van der Waals surface area contributed by atoms with Crippen molar-refractivity contribution in [2.45, 2.75) is 32.1 Å². The highest BCUT2D eigenvalue weighted by Gasteiger charge is 2.30. The molecule has 2 unspecified atom stereocenters. The molecule has 1 saturated carbocycles. The zero-order valence-corrected chi connectivity index (χ0v) is 12.5. The molecule has 1 fully saturated rings. The van der Waals surface area contributed by atoms with Crippen LogP contribution in [0.25, 0.3) is 0 Å². The zero-order valence-electron chi connectivity index (χ0n) is 12.5. The van der Waals surface area contributed by atoms with E-state index in [0.717, 1.165) is 38.6 Å². The minimum Gasteiger partial charge on any atom is -0.481 e. The number of hydrogen-bond donors (Lipinski definition) is 3. The predicted octanol–water partition coefficient (Wildman–Crippen LogP) is 1.13. The van der Waals surface area contributed by atoms with Gasteiger partial charge in [-0.1, -0.05) is 12.8 Å². The smallest absolute Gasteiger partial charge is 0.314 e. The summed E-state index contributed by atoms with van der Waals surface area (Å²) in [4.78, 5) is 24.8. The Kier molecular flexibility index (Phi) is 7.36. The molecular weight excluding hydrogens is 258 g/mol. The maximum atomic E-state index is 11.6. The van der Waals surface area contributed by atoms with Gasteiger partial charge >= 0.3 is 12.0 Å². The summed E-state index contributed by atoms with van der Waals surface area (Å²) in [6, 6.07) is -0.196. The van der Waals surface area contributed by atoms with Crippen molar-refractivity contribution in [1.82, 2.24) is 15.5 Å². The van der Waals surface area contributed by atoms with Gasteiger partial charge in [0, 0.05) is 13.1 Å². The molecule has 0 aliphatic heterocycles. The quantitative estimate of drug-likeness (QED) is 0.612. The van der Waals surface area contributed by atoms with Gasteiger partial charge in [-0.3, -0.25) is 4.79 Å². The molecule has 0 heterocycles. The summed E-state index contributed by atoms with van der Waals surface area (Å²) >= 11 is 0. The van der Waals surface area contributed by atoms with E-state index in [1.165, 1.54) is 0 Å². The van der Waals surface area contributed by atoms with Crippen LogP contribution in [0.5, 0.6) is 0 Å². The molecule has 0 spiro atoms. The van der Waals surface area contributed by atoms with E-state index in [-0.39, 0.29) is 17.9 Å². The molecule has 0 bridgehead atoms. The highest BCUT2D eigenvalue weighted by atomic mass is 16.4. The number of aliphatic carboxylic acids is 1. The summed E-state index contributed by atoms with van der Waals surface area (Å²) in [6.07, 6.45) is 4.55. The highest BCUT2D eigenvalue weighted by molar-refractivity contribution is 5.74. The maximum absolute atomic E-state index is 11.6. The fraction of sp³-hybridized carbons (Fsp3) is 0.857. The van der Waals surface area contributed by atoms with Gasteiger partial charge in [0.15, 0.2) is 0 Å². The second kappa shape index (κ2) is 8.79. The van der Waals surface area contributed by atoms with Gasteiger partial charge in [-0.05, 0) is 45.8 Å². The van der Waals surface area contributed by atoms with Gasteiger partial charge < -0.3 is 20.6 Å². The second-order valence-corrected chi connectivity index (χ2v) is 5.78. The first-order valence-electron chi connectivity index (χ1n) is 7.40. The average molecular weight is 285 g/mol. The fourth-order valence-electron chi connectivity index (χ4n) is 2.66. The Hall–Kier alpha value is -1.30. The number of carboxylic acids is 1. The van der Waals surface area contributed by atoms with Gasteiger partial charge in [-0.15, -0.1) is 0 Å². The Balaban J connectivity index is 2.20. The van der Waals surface area contributed by atoms with E-state index in [2.05, 4.69) is 15.5 Å². The molecule has 2 amide bonds. The monoisotopic (exact) mass is 285 g/mol. The van der Waals surface area contributed by atoms with E-state index in [0.29, 0.717) is 13.1 Å². The lowest BCUT2D eigenvalue weighted by molar-refractivity contribution is -0.144. The van der Waals surface area contributed by atoms with Crippen LogP contribution in [0.4, 0.5) is 4.79 Å². The lowest BCUT2D eigenvalue weighted by Crippen LogP contribution is -2.42. The number of carbonyl (C=O) groups is 2. The predicted molar refractivity (Wildman–Crippen MR) is 77.7 cm³/mol. The minimum absolute atomic E-state index is 0.0637. The molecule has 1 aliphatic rings. The molecule has 6 heteroatoms. The maximum Gasteiger partial charge on any atom is 0.314 e. The van der Waals surface area contributed by atoms with E-state index in [1.54, 1.807) is 0 Å². The molecule has 3 N–H and O–H groups in total. The molecule has 1 aliphatic carbocycles. The van der Waals surface area contributed by atoms with Crippen LogP contribution in [-0.2, 0) is 4.79 Å². The van der Waals surface area contributed by atoms with E-state index >= 15 is 0 Å². The summed E-state index contributed by atoms with van der Waals surface area (Å²) in [5.41, 5.74) is 0. The number of nitrogens with one attached hydrogen (secondary N) is 2. The van der Waals surface area contributed by atoms with Gasteiger partial charge in [-0.25, -0.2) is 4.79 Å². The first-order chi connectivity index (χ1) is 9.50. The highest BCUT2D eigenvalue weighted by Crippen LogP contribution is 2.29. The standard InChI is InChI=1S/C14H27N3O3/c1-17(2)9-5-8-15-14(20)16-10-11-6-3-4-7-12(11)13(18)19/h11-12H,3-10H2,1-2H3,(H,18,19)(H2,15,16,20). The zero-order chi connectivity index (χ0) is 15.0. The van der Waals surface area contributed by atoms with Crippen LogP contribution in [0.3, 0.4) is 0 Å². The van der Waals surface area contributed by atoms with E-state index < -0.39 is 5.97 Å². The normalized spacial score (nSPS) is 22.6. The van der Waals surface area contributed by atoms with Crippen molar-refractivity contribution in [3.63, 3.8) is 0 Å². The molecule has 0 saturated heterocycles. The van der Waals surface area contributed by atoms with E-state index in [9.17, 15) is 9.59 Å². The first-order valence-corrected chi connectivity index (χ1v) is 7.40. The molecular formula is C14H27N3O3. The fourth-order valence-corrected chi connectivity index (χ4v) is 2.66. The third-order valence-electron chi connectivity index (χ3n) is 3.82. The van der Waals surface area contributed by atoms with Crippen LogP contribution < -0.4 is 10.6 Å². The number of nitrogens with zero attached hydrogens (tertiary/aromatic N) is 1. The Bertz CT molecular complexity index is 321. The topological polar surface area (TPSA) is 81.7 Å². The van der Waals surface area contributed by atoms with E-state index in [4.69, 9.17) is 5.11 Å². The van der Waals surface area contributed by atoms with Crippen LogP contribution in [0.15, 0.2) is 0 Å². The summed E-state index contributed by atoms with van der Waals surface area (Å²) in [7, 11) is 3.99. The number of hydrogen-bond acceptors (Lipinski definition) is 3. The average Bonchev–Trinajstić information content (AvgIpc) is 2.41. The second-order valence-electron chi connectivity index (χ2n) is 5.78. The number of carbonyl (C=O) groups excluding carboxylic acids is 1. The molecule has 6 nitrogen and oxygen atoms in total. The van der Waals surface area contributed by atoms with Crippen LogP contribution in [0.1, 0.15) is 32.1 Å². The molecule has 0 aromatic carbocycles. The van der Waals surface area contributed by atoms with Crippen molar-refractivity contribution >= 4 is 12.0 Å². The van der Waals surface area contributed by atoms with Crippen LogP contribution >= 0.6 is 0 Å². The van der Waals surface area contributed by atoms with E-state index in [1.807, 2.05) is 14.1 Å².